The number of imide groups is 1. The van der Waals surface area contributed by atoms with Crippen molar-refractivity contribution >= 4 is 50.4 Å². The largest absolute Gasteiger partial charge is 0.481 e. The zero-order valence-electron chi connectivity index (χ0n) is 18.8. The normalized spacial score (nSPS) is 13.1. The van der Waals surface area contributed by atoms with Gasteiger partial charge in [-0.15, -0.1) is 0 Å². The Morgan fingerprint density at radius 3 is 2.26 bits per heavy atom. The molecule has 3 aromatic rings. The highest BCUT2D eigenvalue weighted by Gasteiger charge is 2.39. The first-order valence-corrected chi connectivity index (χ1v) is 12.3. The van der Waals surface area contributed by atoms with E-state index in [1.807, 2.05) is 6.07 Å². The van der Waals surface area contributed by atoms with Gasteiger partial charge in [0.15, 0.2) is 0 Å². The molecule has 0 fully saturated rings. The maximum atomic E-state index is 13.4. The van der Waals surface area contributed by atoms with E-state index in [9.17, 15) is 27.9 Å². The van der Waals surface area contributed by atoms with Gasteiger partial charge in [-0.25, -0.2) is 18.1 Å². The van der Waals surface area contributed by atoms with E-state index in [1.54, 1.807) is 48.5 Å². The number of carboxylic acids is 1. The maximum absolute atomic E-state index is 13.4. The third kappa shape index (κ3) is 6.16. The Balaban J connectivity index is 1.97. The molecule has 0 spiro atoms. The number of nitrogens with zero attached hydrogens (tertiary/aromatic N) is 1. The molecule has 0 bridgehead atoms. The van der Waals surface area contributed by atoms with Crippen LogP contribution in [-0.2, 0) is 30.9 Å². The smallest absolute Gasteiger partial charge is 0.416 e. The van der Waals surface area contributed by atoms with Gasteiger partial charge < -0.3 is 9.84 Å². The molecule has 1 unspecified atom stereocenters. The topological polar surface area (TPSA) is 130 Å². The van der Waals surface area contributed by atoms with Gasteiger partial charge in [-0.05, 0) is 47.5 Å². The fourth-order valence-electron chi connectivity index (χ4n) is 3.36. The van der Waals surface area contributed by atoms with Gasteiger partial charge in [0.2, 0.25) is 10.0 Å². The molecule has 0 aliphatic carbocycles. The van der Waals surface area contributed by atoms with Crippen molar-refractivity contribution in [3.63, 3.8) is 0 Å². The van der Waals surface area contributed by atoms with Crippen molar-refractivity contribution in [1.82, 2.24) is 9.62 Å². The fourth-order valence-corrected chi connectivity index (χ4v) is 4.79. The lowest BCUT2D eigenvalue weighted by atomic mass is 10.0. The van der Waals surface area contributed by atoms with Gasteiger partial charge in [0.1, 0.15) is 6.04 Å². The molecule has 9 nitrogen and oxygen atoms in total. The van der Waals surface area contributed by atoms with E-state index in [0.717, 1.165) is 12.5 Å². The van der Waals surface area contributed by atoms with Crippen LogP contribution in [0, 0.1) is 5.92 Å². The number of amides is 2. The van der Waals surface area contributed by atoms with Crippen LogP contribution in [-0.4, -0.2) is 49.5 Å². The summed E-state index contributed by atoms with van der Waals surface area (Å²) in [6, 6.07) is 15.9. The third-order valence-corrected chi connectivity index (χ3v) is 7.07. The number of benzene rings is 3. The number of rotatable bonds is 8. The Kier molecular flexibility index (Phi) is 8.11. The van der Waals surface area contributed by atoms with Crippen molar-refractivity contribution in [3.05, 3.63) is 77.3 Å². The van der Waals surface area contributed by atoms with Crippen LogP contribution >= 0.6 is 11.6 Å². The van der Waals surface area contributed by atoms with Gasteiger partial charge >= 0.3 is 12.1 Å². The van der Waals surface area contributed by atoms with Gasteiger partial charge in [-0.2, -0.15) is 4.72 Å². The molecule has 2 amide bonds. The quantitative estimate of drug-likeness (QED) is 0.465. The summed E-state index contributed by atoms with van der Waals surface area (Å²) < 4.78 is 33.2. The number of carbonyl (C=O) groups is 3. The van der Waals surface area contributed by atoms with E-state index >= 15 is 0 Å². The summed E-state index contributed by atoms with van der Waals surface area (Å²) >= 11 is 5.88. The number of halogens is 1. The molecule has 0 aliphatic heterocycles. The number of carbonyl (C=O) groups excluding carboxylic acids is 2. The van der Waals surface area contributed by atoms with E-state index in [4.69, 9.17) is 16.3 Å². The second-order valence-corrected chi connectivity index (χ2v) is 9.91. The van der Waals surface area contributed by atoms with Gasteiger partial charge in [0.05, 0.1) is 24.5 Å². The summed E-state index contributed by atoms with van der Waals surface area (Å²) in [4.78, 5) is 38.1. The van der Waals surface area contributed by atoms with Gasteiger partial charge in [0.25, 0.3) is 5.91 Å². The number of ether oxygens (including phenoxy) is 1. The Hall–Kier alpha value is -3.47. The van der Waals surface area contributed by atoms with Gasteiger partial charge in [0, 0.05) is 5.02 Å². The van der Waals surface area contributed by atoms with E-state index < -0.39 is 40.0 Å². The molecular formula is C24H23ClN2O7S. The number of methoxy groups -OCH3 is 1. The Morgan fingerprint density at radius 1 is 1.03 bits per heavy atom. The fraction of sp³-hybridized carbons (Fsp3) is 0.208. The average Bonchev–Trinajstić information content (AvgIpc) is 2.85. The molecule has 3 rings (SSSR count). The summed E-state index contributed by atoms with van der Waals surface area (Å²) in [5, 5.41) is 11.5. The lowest BCUT2D eigenvalue weighted by Gasteiger charge is -2.27. The molecule has 0 saturated carbocycles. The zero-order chi connectivity index (χ0) is 25.8. The average molecular weight is 519 g/mol. The van der Waals surface area contributed by atoms with E-state index in [-0.39, 0.29) is 11.4 Å². The molecule has 3 aromatic carbocycles. The zero-order valence-corrected chi connectivity index (χ0v) is 20.4. The van der Waals surface area contributed by atoms with Crippen LogP contribution in [0.15, 0.2) is 71.6 Å². The minimum atomic E-state index is -4.35. The van der Waals surface area contributed by atoms with Gasteiger partial charge in [-0.1, -0.05) is 54.1 Å². The summed E-state index contributed by atoms with van der Waals surface area (Å²) in [5.41, 5.74) is 0.493. The highest BCUT2D eigenvalue weighted by molar-refractivity contribution is 7.89. The standard InChI is InChI=1S/C24H23ClN2O7S/c1-15(23(29)30)21(22(28)27(24(31)34-2)14-16-7-10-19(25)11-8-16)26-35(32,33)20-12-9-17-5-3-4-6-18(17)13-20/h3-13,15,21,26H,14H2,1-2H3,(H,29,30)/t15-,21?/m0/s1. The predicted molar refractivity (Wildman–Crippen MR) is 129 cm³/mol. The first kappa shape index (κ1) is 26.1. The predicted octanol–water partition coefficient (Wildman–Crippen LogP) is 3.66. The van der Waals surface area contributed by atoms with Crippen molar-refractivity contribution in [2.75, 3.05) is 7.11 Å². The highest BCUT2D eigenvalue weighted by atomic mass is 35.5. The SMILES string of the molecule is COC(=O)N(Cc1ccc(Cl)cc1)C(=O)C(NS(=O)(=O)c1ccc2ccccc2c1)[C@H](C)C(=O)O. The minimum Gasteiger partial charge on any atom is -0.481 e. The second kappa shape index (κ2) is 10.9. The number of hydrogen-bond donors (Lipinski definition) is 2. The van der Waals surface area contributed by atoms with Crippen LogP contribution in [0.3, 0.4) is 0 Å². The lowest BCUT2D eigenvalue weighted by Crippen LogP contribution is -2.54. The van der Waals surface area contributed by atoms with E-state index in [1.165, 1.54) is 19.1 Å². The first-order valence-electron chi connectivity index (χ1n) is 10.4. The summed E-state index contributed by atoms with van der Waals surface area (Å²) in [6.45, 7) is 0.884. The Morgan fingerprint density at radius 2 is 1.66 bits per heavy atom. The summed E-state index contributed by atoms with van der Waals surface area (Å²) in [7, 11) is -3.29. The lowest BCUT2D eigenvalue weighted by molar-refractivity contribution is -0.146. The van der Waals surface area contributed by atoms with Crippen molar-refractivity contribution in [2.24, 2.45) is 5.92 Å². The van der Waals surface area contributed by atoms with Crippen molar-refractivity contribution in [1.29, 1.82) is 0 Å². The number of sulfonamides is 1. The number of aliphatic carboxylic acids is 1. The highest BCUT2D eigenvalue weighted by Crippen LogP contribution is 2.21. The van der Waals surface area contributed by atoms with Crippen LogP contribution in [0.2, 0.25) is 5.02 Å². The molecule has 0 aromatic heterocycles. The van der Waals surface area contributed by atoms with Crippen molar-refractivity contribution in [2.45, 2.75) is 24.4 Å². The molecule has 11 heteroatoms. The molecule has 2 N–H and O–H groups in total. The number of nitrogens with one attached hydrogen (secondary N) is 1. The van der Waals surface area contributed by atoms with Crippen LogP contribution in [0.25, 0.3) is 10.8 Å². The number of carboxylic acid groups (broad SMARTS) is 1. The third-order valence-electron chi connectivity index (χ3n) is 5.38. The Labute approximate surface area is 207 Å². The number of hydrogen-bond acceptors (Lipinski definition) is 6. The van der Waals surface area contributed by atoms with Crippen molar-refractivity contribution in [3.8, 4) is 0 Å². The molecule has 184 valence electrons. The molecule has 0 radical (unpaired) electrons. The molecule has 0 saturated heterocycles. The molecule has 0 heterocycles. The van der Waals surface area contributed by atoms with Crippen LogP contribution in [0.4, 0.5) is 4.79 Å². The van der Waals surface area contributed by atoms with Crippen LogP contribution in [0.1, 0.15) is 12.5 Å². The van der Waals surface area contributed by atoms with Gasteiger partial charge in [-0.3, -0.25) is 9.59 Å². The van der Waals surface area contributed by atoms with Crippen molar-refractivity contribution < 1.29 is 32.6 Å². The monoisotopic (exact) mass is 518 g/mol. The number of fused-ring (bicyclic) bond motifs is 1. The first-order chi connectivity index (χ1) is 16.5. The molecule has 2 atom stereocenters. The van der Waals surface area contributed by atoms with Crippen LogP contribution < -0.4 is 4.72 Å². The van der Waals surface area contributed by atoms with Crippen LogP contribution in [0.5, 0.6) is 0 Å². The van der Waals surface area contributed by atoms with E-state index in [0.29, 0.717) is 20.9 Å². The molecule has 0 aliphatic rings. The second-order valence-electron chi connectivity index (χ2n) is 7.76. The minimum absolute atomic E-state index is 0.158. The maximum Gasteiger partial charge on any atom is 0.416 e. The molecular weight excluding hydrogens is 496 g/mol. The Bertz CT molecular complexity index is 1360. The summed E-state index contributed by atoms with van der Waals surface area (Å²) in [6.07, 6.45) is -1.07. The van der Waals surface area contributed by atoms with E-state index in [2.05, 4.69) is 4.72 Å². The summed E-state index contributed by atoms with van der Waals surface area (Å²) in [5.74, 6) is -4.01. The molecule has 35 heavy (non-hydrogen) atoms.